The number of benzene rings is 2. The summed E-state index contributed by atoms with van der Waals surface area (Å²) in [5.74, 6) is 5.24. The summed E-state index contributed by atoms with van der Waals surface area (Å²) in [6.07, 6.45) is 14.7. The summed E-state index contributed by atoms with van der Waals surface area (Å²) in [4.78, 5) is 18.7. The van der Waals surface area contributed by atoms with Crippen LogP contribution in [0, 0.1) is 24.7 Å². The fraction of sp³-hybridized carbons (Fsp3) is 0. The van der Waals surface area contributed by atoms with E-state index in [9.17, 15) is 0 Å². The Labute approximate surface area is 148 Å². The van der Waals surface area contributed by atoms with Crippen molar-refractivity contribution >= 4 is 43.9 Å². The number of hydrogen-bond donors (Lipinski definition) is 0. The number of nitrogens with zero attached hydrogens (tertiary/aromatic N) is 4. The number of rotatable bonds is 0. The van der Waals surface area contributed by atoms with Gasteiger partial charge in [0.1, 0.15) is 0 Å². The molecular formula is C22H10N4. The first-order chi connectivity index (χ1) is 12.8. The average molecular weight is 330 g/mol. The molecule has 3 aromatic heterocycles. The standard InChI is InChI=1S/C22H10N4/c1-3-13-11-17-18(12-14(13)4-2)26-22-16-8-6-10-24-20(16)19-15(21(22)25-17)7-5-9-23-19/h1-2,5-12H. The van der Waals surface area contributed by atoms with Gasteiger partial charge >= 0.3 is 0 Å². The van der Waals surface area contributed by atoms with Crippen molar-refractivity contribution in [2.45, 2.75) is 0 Å². The highest BCUT2D eigenvalue weighted by Crippen LogP contribution is 2.32. The van der Waals surface area contributed by atoms with Crippen LogP contribution in [0.5, 0.6) is 0 Å². The molecule has 5 aromatic rings. The molecule has 0 unspecified atom stereocenters. The van der Waals surface area contributed by atoms with Gasteiger partial charge in [-0.1, -0.05) is 11.8 Å². The van der Waals surface area contributed by atoms with Gasteiger partial charge in [-0.3, -0.25) is 9.97 Å². The first-order valence-electron chi connectivity index (χ1n) is 8.00. The van der Waals surface area contributed by atoms with E-state index in [1.807, 2.05) is 36.4 Å². The quantitative estimate of drug-likeness (QED) is 0.246. The second-order valence-corrected chi connectivity index (χ2v) is 5.90. The third kappa shape index (κ3) is 1.87. The summed E-state index contributed by atoms with van der Waals surface area (Å²) in [5, 5.41) is 1.82. The van der Waals surface area contributed by atoms with Crippen LogP contribution in [-0.2, 0) is 0 Å². The van der Waals surface area contributed by atoms with Crippen LogP contribution in [0.2, 0.25) is 0 Å². The maximum absolute atomic E-state index is 5.58. The molecule has 2 aromatic carbocycles. The molecule has 4 heteroatoms. The fourth-order valence-electron chi connectivity index (χ4n) is 3.29. The lowest BCUT2D eigenvalue weighted by atomic mass is 10.0. The van der Waals surface area contributed by atoms with Crippen molar-refractivity contribution < 1.29 is 0 Å². The molecule has 0 saturated carbocycles. The molecule has 0 N–H and O–H groups in total. The molecule has 118 valence electrons. The van der Waals surface area contributed by atoms with E-state index < -0.39 is 0 Å². The molecule has 0 aliphatic heterocycles. The largest absolute Gasteiger partial charge is 0.254 e. The lowest BCUT2D eigenvalue weighted by Gasteiger charge is -2.09. The van der Waals surface area contributed by atoms with Crippen molar-refractivity contribution in [1.82, 2.24) is 19.9 Å². The van der Waals surface area contributed by atoms with Gasteiger partial charge in [-0.25, -0.2) is 9.97 Å². The van der Waals surface area contributed by atoms with E-state index in [-0.39, 0.29) is 0 Å². The predicted molar refractivity (Wildman–Crippen MR) is 104 cm³/mol. The average Bonchev–Trinajstić information content (AvgIpc) is 2.71. The smallest absolute Gasteiger partial charge is 0.0996 e. The van der Waals surface area contributed by atoms with E-state index in [1.54, 1.807) is 12.4 Å². The summed E-state index contributed by atoms with van der Waals surface area (Å²) in [5.41, 5.74) is 5.85. The SMILES string of the molecule is C#Cc1cc2nc3c4cccnc4c4ncccc4c3nc2cc1C#C. The van der Waals surface area contributed by atoms with Crippen molar-refractivity contribution in [3.05, 3.63) is 59.9 Å². The van der Waals surface area contributed by atoms with Crippen molar-refractivity contribution in [2.24, 2.45) is 0 Å². The Morgan fingerprint density at radius 3 is 1.54 bits per heavy atom. The second kappa shape index (κ2) is 5.24. The normalized spacial score (nSPS) is 11.0. The third-order valence-electron chi connectivity index (χ3n) is 4.46. The van der Waals surface area contributed by atoms with E-state index in [0.29, 0.717) is 22.2 Å². The molecule has 0 radical (unpaired) electrons. The van der Waals surface area contributed by atoms with E-state index in [2.05, 4.69) is 21.8 Å². The van der Waals surface area contributed by atoms with E-state index in [1.165, 1.54) is 0 Å². The summed E-state index contributed by atoms with van der Waals surface area (Å²) in [7, 11) is 0. The molecule has 4 nitrogen and oxygen atoms in total. The lowest BCUT2D eigenvalue weighted by molar-refractivity contribution is 1.36. The molecule has 0 bridgehead atoms. The Morgan fingerprint density at radius 2 is 1.12 bits per heavy atom. The summed E-state index contributed by atoms with van der Waals surface area (Å²) in [6.45, 7) is 0. The molecule has 3 heterocycles. The summed E-state index contributed by atoms with van der Waals surface area (Å²) in [6, 6.07) is 11.4. The van der Waals surface area contributed by atoms with Crippen molar-refractivity contribution in [3.63, 3.8) is 0 Å². The minimum Gasteiger partial charge on any atom is -0.254 e. The Kier molecular flexibility index (Phi) is 2.89. The zero-order valence-corrected chi connectivity index (χ0v) is 13.6. The van der Waals surface area contributed by atoms with Crippen LogP contribution in [-0.4, -0.2) is 19.9 Å². The minimum absolute atomic E-state index is 0.638. The van der Waals surface area contributed by atoms with Crippen molar-refractivity contribution in [2.75, 3.05) is 0 Å². The molecule has 0 amide bonds. The molecule has 0 fully saturated rings. The minimum atomic E-state index is 0.638. The van der Waals surface area contributed by atoms with Gasteiger partial charge in [-0.2, -0.15) is 0 Å². The van der Waals surface area contributed by atoms with Crippen LogP contribution in [0.15, 0.2) is 48.8 Å². The topological polar surface area (TPSA) is 51.6 Å². The Bertz CT molecular complexity index is 1340. The van der Waals surface area contributed by atoms with Crippen LogP contribution in [0.25, 0.3) is 43.9 Å². The van der Waals surface area contributed by atoms with Gasteiger partial charge in [-0.15, -0.1) is 12.8 Å². The zero-order valence-electron chi connectivity index (χ0n) is 13.6. The van der Waals surface area contributed by atoms with Crippen LogP contribution in [0.3, 0.4) is 0 Å². The van der Waals surface area contributed by atoms with Gasteiger partial charge in [0.15, 0.2) is 0 Å². The molecule has 0 atom stereocenters. The first-order valence-corrected chi connectivity index (χ1v) is 8.00. The Balaban J connectivity index is 2.07. The van der Waals surface area contributed by atoms with Crippen LogP contribution in [0.1, 0.15) is 11.1 Å². The molecule has 5 rings (SSSR count). The van der Waals surface area contributed by atoms with Crippen molar-refractivity contribution in [3.8, 4) is 24.7 Å². The number of fused-ring (bicyclic) bond motifs is 7. The molecule has 0 aliphatic carbocycles. The second-order valence-electron chi connectivity index (χ2n) is 5.90. The molecule has 0 aliphatic rings. The van der Waals surface area contributed by atoms with E-state index in [0.717, 1.165) is 32.8 Å². The number of aromatic nitrogens is 4. The highest BCUT2D eigenvalue weighted by molar-refractivity contribution is 6.21. The molecule has 0 spiro atoms. The van der Waals surface area contributed by atoms with Crippen LogP contribution >= 0.6 is 0 Å². The molecule has 0 saturated heterocycles. The van der Waals surface area contributed by atoms with Crippen molar-refractivity contribution in [1.29, 1.82) is 0 Å². The zero-order chi connectivity index (χ0) is 17.7. The summed E-state index contributed by atoms with van der Waals surface area (Å²) >= 11 is 0. The highest BCUT2D eigenvalue weighted by Gasteiger charge is 2.14. The van der Waals surface area contributed by atoms with Gasteiger partial charge in [0, 0.05) is 34.3 Å². The monoisotopic (exact) mass is 330 g/mol. The molecular weight excluding hydrogens is 320 g/mol. The van der Waals surface area contributed by atoms with E-state index in [4.69, 9.17) is 22.8 Å². The van der Waals surface area contributed by atoms with Gasteiger partial charge in [0.05, 0.1) is 33.1 Å². The van der Waals surface area contributed by atoms with E-state index >= 15 is 0 Å². The van der Waals surface area contributed by atoms with Gasteiger partial charge < -0.3 is 0 Å². The predicted octanol–water partition coefficient (Wildman–Crippen LogP) is 3.84. The van der Waals surface area contributed by atoms with Gasteiger partial charge in [0.2, 0.25) is 0 Å². The number of hydrogen-bond acceptors (Lipinski definition) is 4. The number of terminal acetylenes is 2. The number of pyridine rings is 2. The van der Waals surface area contributed by atoms with Gasteiger partial charge in [-0.05, 0) is 36.4 Å². The summed E-state index contributed by atoms with van der Waals surface area (Å²) < 4.78 is 0. The maximum Gasteiger partial charge on any atom is 0.0996 e. The maximum atomic E-state index is 5.58. The lowest BCUT2D eigenvalue weighted by Crippen LogP contribution is -1.95. The Hall–Kier alpha value is -4.02. The van der Waals surface area contributed by atoms with Gasteiger partial charge in [0.25, 0.3) is 0 Å². The van der Waals surface area contributed by atoms with Crippen LogP contribution in [0.4, 0.5) is 0 Å². The highest BCUT2D eigenvalue weighted by atomic mass is 14.8. The first kappa shape index (κ1) is 14.3. The van der Waals surface area contributed by atoms with Crippen LogP contribution < -0.4 is 0 Å². The Morgan fingerprint density at radius 1 is 0.654 bits per heavy atom. The fourth-order valence-corrected chi connectivity index (χ4v) is 3.29. The molecule has 26 heavy (non-hydrogen) atoms. The third-order valence-corrected chi connectivity index (χ3v) is 4.46.